The van der Waals surface area contributed by atoms with Crippen LogP contribution in [0.4, 0.5) is 0 Å². The van der Waals surface area contributed by atoms with Gasteiger partial charge in [-0.2, -0.15) is 0 Å². The van der Waals surface area contributed by atoms with Crippen molar-refractivity contribution >= 4 is 11.9 Å². The lowest BCUT2D eigenvalue weighted by Crippen LogP contribution is -2.58. The number of nitrogens with zero attached hydrogens (tertiary/aromatic N) is 1. The highest BCUT2D eigenvalue weighted by molar-refractivity contribution is 5.83. The summed E-state index contributed by atoms with van der Waals surface area (Å²) in [6.07, 6.45) is 10.3. The number of unbranched alkanes of at least 4 members (excludes halogenated alkanes) is 8. The van der Waals surface area contributed by atoms with E-state index < -0.39 is 18.1 Å². The molecular weight excluding hydrogens is 318 g/mol. The summed E-state index contributed by atoms with van der Waals surface area (Å²) in [5.41, 5.74) is 6.11. The average Bonchev–Trinajstić information content (AvgIpc) is 2.52. The second-order valence-corrected chi connectivity index (χ2v) is 7.93. The predicted molar refractivity (Wildman–Crippen MR) is 102 cm³/mol. The summed E-state index contributed by atoms with van der Waals surface area (Å²) in [4.78, 5) is 23.4. The van der Waals surface area contributed by atoms with Gasteiger partial charge in [0.15, 0.2) is 6.17 Å². The Kier molecular flexibility index (Phi) is 12.5. The van der Waals surface area contributed by atoms with Crippen LogP contribution >= 0.6 is 0 Å². The van der Waals surface area contributed by atoms with E-state index in [9.17, 15) is 9.59 Å². The lowest BCUT2D eigenvalue weighted by Gasteiger charge is -2.35. The monoisotopic (exact) mass is 358 g/mol. The Morgan fingerprint density at radius 1 is 0.960 bits per heavy atom. The molecule has 0 bridgehead atoms. The number of amides is 1. The number of carboxylic acid groups (broad SMARTS) is 1. The van der Waals surface area contributed by atoms with Gasteiger partial charge in [0.1, 0.15) is 5.92 Å². The predicted octanol–water partition coefficient (Wildman–Crippen LogP) is 2.72. The summed E-state index contributed by atoms with van der Waals surface area (Å²) in [5.74, 6) is -1.95. The van der Waals surface area contributed by atoms with Crippen molar-refractivity contribution in [2.45, 2.75) is 77.3 Å². The van der Waals surface area contributed by atoms with Gasteiger partial charge < -0.3 is 14.9 Å². The topological polar surface area (TPSA) is 92.4 Å². The van der Waals surface area contributed by atoms with Crippen molar-refractivity contribution in [3.05, 3.63) is 0 Å². The van der Waals surface area contributed by atoms with Crippen LogP contribution < -0.4 is 11.1 Å². The van der Waals surface area contributed by atoms with Crippen LogP contribution in [0, 0.1) is 5.92 Å². The van der Waals surface area contributed by atoms with Gasteiger partial charge in [0.05, 0.1) is 27.6 Å². The summed E-state index contributed by atoms with van der Waals surface area (Å²) >= 11 is 0. The maximum Gasteiger partial charge on any atom is 0.304 e. The van der Waals surface area contributed by atoms with Crippen LogP contribution in [0.15, 0.2) is 0 Å². The molecule has 1 amide bonds. The van der Waals surface area contributed by atoms with Crippen molar-refractivity contribution in [3.63, 3.8) is 0 Å². The molecule has 0 heterocycles. The summed E-state index contributed by atoms with van der Waals surface area (Å²) in [5, 5.41) is 11.9. The number of rotatable bonds is 15. The van der Waals surface area contributed by atoms with Gasteiger partial charge in [-0.05, 0) is 6.42 Å². The van der Waals surface area contributed by atoms with E-state index in [1.807, 2.05) is 21.1 Å². The van der Waals surface area contributed by atoms with E-state index in [0.717, 1.165) is 12.8 Å². The largest absolute Gasteiger partial charge is 0.481 e. The molecule has 6 nitrogen and oxygen atoms in total. The molecule has 0 fully saturated rings. The van der Waals surface area contributed by atoms with Crippen molar-refractivity contribution < 1.29 is 19.2 Å². The first-order valence-electron chi connectivity index (χ1n) is 9.76. The van der Waals surface area contributed by atoms with E-state index >= 15 is 0 Å². The third-order valence-electron chi connectivity index (χ3n) is 4.62. The van der Waals surface area contributed by atoms with E-state index in [1.54, 1.807) is 0 Å². The van der Waals surface area contributed by atoms with E-state index in [2.05, 4.69) is 12.2 Å². The molecule has 0 aliphatic carbocycles. The number of aliphatic carboxylic acids is 1. The summed E-state index contributed by atoms with van der Waals surface area (Å²) in [6.45, 7) is 2.82. The van der Waals surface area contributed by atoms with Crippen molar-refractivity contribution in [2.24, 2.45) is 11.7 Å². The number of carboxylic acids is 1. The first kappa shape index (κ1) is 23.9. The number of hydrogen-bond donors (Lipinski definition) is 3. The van der Waals surface area contributed by atoms with Crippen molar-refractivity contribution in [2.75, 3.05) is 27.7 Å². The smallest absolute Gasteiger partial charge is 0.304 e. The van der Waals surface area contributed by atoms with Gasteiger partial charge in [0.2, 0.25) is 5.91 Å². The summed E-state index contributed by atoms with van der Waals surface area (Å²) < 4.78 is 0.351. The molecule has 148 valence electrons. The van der Waals surface area contributed by atoms with Crippen LogP contribution in [-0.2, 0) is 9.59 Å². The highest BCUT2D eigenvalue weighted by Gasteiger charge is 2.36. The molecule has 4 N–H and O–H groups in total. The van der Waals surface area contributed by atoms with Gasteiger partial charge in [-0.15, -0.1) is 0 Å². The number of quaternary nitrogens is 1. The Hall–Kier alpha value is -1.14. The minimum absolute atomic E-state index is 0.236. The van der Waals surface area contributed by atoms with Gasteiger partial charge in [0, 0.05) is 6.54 Å². The first-order valence-corrected chi connectivity index (χ1v) is 9.76. The van der Waals surface area contributed by atoms with Crippen molar-refractivity contribution in [1.82, 2.24) is 5.32 Å². The zero-order chi connectivity index (χ0) is 19.3. The Balaban J connectivity index is 4.01. The Morgan fingerprint density at radius 3 is 1.88 bits per heavy atom. The van der Waals surface area contributed by atoms with Gasteiger partial charge in [-0.1, -0.05) is 58.3 Å². The molecule has 0 aliphatic heterocycles. The number of hydrogen-bond acceptors (Lipinski definition) is 3. The van der Waals surface area contributed by atoms with Crippen LogP contribution in [0.25, 0.3) is 0 Å². The fraction of sp³-hybridized carbons (Fsp3) is 0.895. The van der Waals surface area contributed by atoms with E-state index in [1.165, 1.54) is 44.9 Å². The maximum absolute atomic E-state index is 12.3. The molecular formula is C19H40N3O3+. The molecule has 0 saturated carbocycles. The van der Waals surface area contributed by atoms with Gasteiger partial charge in [0.25, 0.3) is 0 Å². The van der Waals surface area contributed by atoms with Gasteiger partial charge in [-0.25, -0.2) is 0 Å². The normalized spacial score (nSPS) is 14.1. The minimum Gasteiger partial charge on any atom is -0.481 e. The molecule has 2 atom stereocenters. The van der Waals surface area contributed by atoms with Crippen LogP contribution in [0.3, 0.4) is 0 Å². The molecule has 0 radical (unpaired) electrons. The zero-order valence-corrected chi connectivity index (χ0v) is 16.7. The highest BCUT2D eigenvalue weighted by Crippen LogP contribution is 2.14. The molecule has 0 aliphatic rings. The highest BCUT2D eigenvalue weighted by atomic mass is 16.4. The summed E-state index contributed by atoms with van der Waals surface area (Å²) in [7, 11) is 5.61. The second-order valence-electron chi connectivity index (χ2n) is 7.93. The lowest BCUT2D eigenvalue weighted by atomic mass is 9.99. The Bertz CT molecular complexity index is 381. The van der Waals surface area contributed by atoms with Gasteiger partial charge >= 0.3 is 5.97 Å². The Labute approximate surface area is 153 Å². The van der Waals surface area contributed by atoms with Crippen LogP contribution in [0.5, 0.6) is 0 Å². The molecule has 0 saturated heterocycles. The molecule has 0 aromatic rings. The Morgan fingerprint density at radius 2 is 1.44 bits per heavy atom. The standard InChI is InChI=1S/C19H39N3O3/c1-5-6-7-8-9-10-11-12-13-14-21-19(25)16(15-17(23)24)18(20)22(2,3)4/h16,18H,5-15,20H2,1-4H3,(H-,21,23,24,25)/p+1. The summed E-state index contributed by atoms with van der Waals surface area (Å²) in [6, 6.07) is 0. The average molecular weight is 359 g/mol. The SMILES string of the molecule is CCCCCCCCCCCNC(=O)C(CC(=O)O)C(N)[N+](C)(C)C. The fourth-order valence-corrected chi connectivity index (χ4v) is 2.87. The second kappa shape index (κ2) is 13.1. The molecule has 0 aromatic carbocycles. The molecule has 0 spiro atoms. The van der Waals surface area contributed by atoms with Crippen LogP contribution in [-0.4, -0.2) is 55.3 Å². The third kappa shape index (κ3) is 11.9. The van der Waals surface area contributed by atoms with Crippen molar-refractivity contribution in [3.8, 4) is 0 Å². The van der Waals surface area contributed by atoms with E-state index in [-0.39, 0.29) is 12.3 Å². The van der Waals surface area contributed by atoms with E-state index in [0.29, 0.717) is 11.0 Å². The van der Waals surface area contributed by atoms with E-state index in [4.69, 9.17) is 10.8 Å². The van der Waals surface area contributed by atoms with Crippen molar-refractivity contribution in [1.29, 1.82) is 0 Å². The third-order valence-corrected chi connectivity index (χ3v) is 4.62. The van der Waals surface area contributed by atoms with Crippen LogP contribution in [0.2, 0.25) is 0 Å². The fourth-order valence-electron chi connectivity index (χ4n) is 2.87. The quantitative estimate of drug-likeness (QED) is 0.238. The minimum atomic E-state index is -0.993. The molecule has 6 heteroatoms. The number of nitrogens with one attached hydrogen (secondary N) is 1. The first-order chi connectivity index (χ1) is 11.7. The molecule has 25 heavy (non-hydrogen) atoms. The number of carbonyl (C=O) groups is 2. The molecule has 0 rings (SSSR count). The van der Waals surface area contributed by atoms with Gasteiger partial charge in [-0.3, -0.25) is 15.3 Å². The molecule has 0 aromatic heterocycles. The number of nitrogens with two attached hydrogens (primary N) is 1. The molecule has 2 unspecified atom stereocenters. The van der Waals surface area contributed by atoms with Crippen LogP contribution in [0.1, 0.15) is 71.1 Å². The number of carbonyl (C=O) groups excluding carboxylic acids is 1. The lowest BCUT2D eigenvalue weighted by molar-refractivity contribution is -0.898. The maximum atomic E-state index is 12.3. The zero-order valence-electron chi connectivity index (χ0n) is 16.7.